The molecule has 1 aromatic carbocycles. The Hall–Kier alpha value is -2.68. The van der Waals surface area contributed by atoms with Gasteiger partial charge in [0, 0.05) is 18.5 Å². The minimum absolute atomic E-state index is 0.126. The molecule has 8 nitrogen and oxygen atoms in total. The summed E-state index contributed by atoms with van der Waals surface area (Å²) in [5, 5.41) is 5.70. The SMILES string of the molecule is Cc1ccc(C)c(OCCCC(C)(C)C(=O)NC(=S)N2CCNC(=O)C2CC(=O)OCCC(C)C)c1. The van der Waals surface area contributed by atoms with Crippen molar-refractivity contribution in [1.29, 1.82) is 0 Å². The zero-order valence-electron chi connectivity index (χ0n) is 22.4. The zero-order valence-corrected chi connectivity index (χ0v) is 23.3. The van der Waals surface area contributed by atoms with Crippen LogP contribution in [0.4, 0.5) is 0 Å². The maximum Gasteiger partial charge on any atom is 0.308 e. The van der Waals surface area contributed by atoms with E-state index in [4.69, 9.17) is 21.7 Å². The molecule has 1 aromatic rings. The van der Waals surface area contributed by atoms with E-state index in [0.29, 0.717) is 45.1 Å². The smallest absolute Gasteiger partial charge is 0.308 e. The van der Waals surface area contributed by atoms with Crippen LogP contribution in [0.3, 0.4) is 0 Å². The van der Waals surface area contributed by atoms with Gasteiger partial charge in [-0.25, -0.2) is 0 Å². The number of benzene rings is 1. The number of nitrogens with zero attached hydrogens (tertiary/aromatic N) is 1. The van der Waals surface area contributed by atoms with Crippen molar-refractivity contribution in [1.82, 2.24) is 15.5 Å². The molecule has 1 fully saturated rings. The fourth-order valence-corrected chi connectivity index (χ4v) is 4.11. The molecule has 2 rings (SSSR count). The Labute approximate surface area is 220 Å². The molecule has 1 unspecified atom stereocenters. The summed E-state index contributed by atoms with van der Waals surface area (Å²) in [5.41, 5.74) is 1.52. The number of thiocarbonyl (C=S) groups is 1. The van der Waals surface area contributed by atoms with Gasteiger partial charge in [0.05, 0.1) is 19.6 Å². The molecule has 9 heteroatoms. The Bertz CT molecular complexity index is 947. The highest BCUT2D eigenvalue weighted by Crippen LogP contribution is 2.24. The van der Waals surface area contributed by atoms with Gasteiger partial charge in [-0.2, -0.15) is 0 Å². The van der Waals surface area contributed by atoms with E-state index < -0.39 is 17.4 Å². The van der Waals surface area contributed by atoms with Crippen molar-refractivity contribution in [3.05, 3.63) is 29.3 Å². The number of piperazine rings is 1. The van der Waals surface area contributed by atoms with Crippen LogP contribution in [-0.2, 0) is 19.1 Å². The molecule has 0 radical (unpaired) electrons. The van der Waals surface area contributed by atoms with Crippen LogP contribution < -0.4 is 15.4 Å². The van der Waals surface area contributed by atoms with E-state index in [0.717, 1.165) is 23.3 Å². The molecular weight excluding hydrogens is 478 g/mol. The van der Waals surface area contributed by atoms with Gasteiger partial charge in [-0.05, 0) is 68.4 Å². The molecule has 1 aliphatic rings. The molecule has 200 valence electrons. The van der Waals surface area contributed by atoms with Gasteiger partial charge in [0.1, 0.15) is 11.8 Å². The number of carbonyl (C=O) groups is 3. The van der Waals surface area contributed by atoms with Crippen molar-refractivity contribution in [2.24, 2.45) is 11.3 Å². The topological polar surface area (TPSA) is 97.0 Å². The first kappa shape index (κ1) is 29.5. The number of esters is 1. The molecule has 36 heavy (non-hydrogen) atoms. The monoisotopic (exact) mass is 519 g/mol. The molecule has 2 amide bonds. The summed E-state index contributed by atoms with van der Waals surface area (Å²) in [6, 6.07) is 5.27. The number of amides is 2. The number of hydrogen-bond donors (Lipinski definition) is 2. The molecular formula is C27H41N3O5S. The molecule has 0 bridgehead atoms. The number of rotatable bonds is 11. The Kier molecular flexibility index (Phi) is 11.1. The van der Waals surface area contributed by atoms with Crippen molar-refractivity contribution < 1.29 is 23.9 Å². The van der Waals surface area contributed by atoms with Crippen LogP contribution in [0.2, 0.25) is 0 Å². The van der Waals surface area contributed by atoms with Gasteiger partial charge >= 0.3 is 5.97 Å². The molecule has 1 aliphatic heterocycles. The second kappa shape index (κ2) is 13.6. The maximum atomic E-state index is 13.0. The summed E-state index contributed by atoms with van der Waals surface area (Å²) >= 11 is 5.49. The average Bonchev–Trinajstić information content (AvgIpc) is 2.79. The average molecular weight is 520 g/mol. The summed E-state index contributed by atoms with van der Waals surface area (Å²) in [6.07, 6.45) is 1.92. The van der Waals surface area contributed by atoms with E-state index >= 15 is 0 Å². The lowest BCUT2D eigenvalue weighted by Gasteiger charge is -2.37. The van der Waals surface area contributed by atoms with Gasteiger partial charge in [0.2, 0.25) is 11.8 Å². The highest BCUT2D eigenvalue weighted by atomic mass is 32.1. The third-order valence-corrected chi connectivity index (χ3v) is 6.63. The summed E-state index contributed by atoms with van der Waals surface area (Å²) in [4.78, 5) is 39.4. The molecule has 2 N–H and O–H groups in total. The number of nitrogens with one attached hydrogen (secondary N) is 2. The van der Waals surface area contributed by atoms with E-state index in [1.165, 1.54) is 0 Å². The van der Waals surface area contributed by atoms with Crippen molar-refractivity contribution in [2.75, 3.05) is 26.3 Å². The highest BCUT2D eigenvalue weighted by molar-refractivity contribution is 7.80. The van der Waals surface area contributed by atoms with Crippen LogP contribution in [0.5, 0.6) is 5.75 Å². The molecule has 0 saturated carbocycles. The third-order valence-electron chi connectivity index (χ3n) is 6.29. The normalized spacial score (nSPS) is 15.9. The number of carbonyl (C=O) groups excluding carboxylic acids is 3. The Balaban J connectivity index is 1.88. The summed E-state index contributed by atoms with van der Waals surface area (Å²) < 4.78 is 11.2. The van der Waals surface area contributed by atoms with E-state index in [9.17, 15) is 14.4 Å². The van der Waals surface area contributed by atoms with Gasteiger partial charge in [0.15, 0.2) is 5.11 Å². The van der Waals surface area contributed by atoms with Gasteiger partial charge in [-0.3, -0.25) is 14.4 Å². The van der Waals surface area contributed by atoms with Crippen LogP contribution in [0.25, 0.3) is 0 Å². The first-order valence-corrected chi connectivity index (χ1v) is 13.1. The van der Waals surface area contributed by atoms with E-state index in [2.05, 4.69) is 10.6 Å². The van der Waals surface area contributed by atoms with Crippen molar-refractivity contribution in [3.8, 4) is 5.75 Å². The summed E-state index contributed by atoms with van der Waals surface area (Å²) in [5.74, 6) is 0.276. The summed E-state index contributed by atoms with van der Waals surface area (Å²) in [7, 11) is 0. The predicted molar refractivity (Wildman–Crippen MR) is 144 cm³/mol. The second-order valence-corrected chi connectivity index (χ2v) is 10.9. The van der Waals surface area contributed by atoms with Crippen LogP contribution >= 0.6 is 12.2 Å². The van der Waals surface area contributed by atoms with Crippen LogP contribution in [0.15, 0.2) is 18.2 Å². The highest BCUT2D eigenvalue weighted by Gasteiger charge is 2.36. The number of aryl methyl sites for hydroxylation is 2. The number of hydrogen-bond acceptors (Lipinski definition) is 6. The largest absolute Gasteiger partial charge is 0.493 e. The maximum absolute atomic E-state index is 13.0. The lowest BCUT2D eigenvalue weighted by atomic mass is 9.87. The third kappa shape index (κ3) is 9.08. The lowest BCUT2D eigenvalue weighted by molar-refractivity contribution is -0.147. The fraction of sp³-hybridized carbons (Fsp3) is 0.630. The van der Waals surface area contributed by atoms with Gasteiger partial charge in [-0.15, -0.1) is 0 Å². The molecule has 0 aromatic heterocycles. The van der Waals surface area contributed by atoms with Crippen molar-refractivity contribution in [3.63, 3.8) is 0 Å². The van der Waals surface area contributed by atoms with Crippen LogP contribution in [0.1, 0.15) is 64.5 Å². The van der Waals surface area contributed by atoms with E-state index in [1.807, 2.05) is 59.7 Å². The Morgan fingerprint density at radius 1 is 1.25 bits per heavy atom. The van der Waals surface area contributed by atoms with E-state index in [-0.39, 0.29) is 23.3 Å². The Morgan fingerprint density at radius 3 is 2.67 bits per heavy atom. The molecule has 1 atom stereocenters. The first-order valence-electron chi connectivity index (χ1n) is 12.7. The molecule has 1 heterocycles. The Morgan fingerprint density at radius 2 is 1.97 bits per heavy atom. The van der Waals surface area contributed by atoms with Crippen LogP contribution in [-0.4, -0.2) is 60.1 Å². The van der Waals surface area contributed by atoms with Crippen LogP contribution in [0, 0.1) is 25.2 Å². The minimum atomic E-state index is -0.813. The lowest BCUT2D eigenvalue weighted by Crippen LogP contribution is -2.61. The van der Waals surface area contributed by atoms with Crippen molar-refractivity contribution >= 4 is 35.1 Å². The van der Waals surface area contributed by atoms with Crippen molar-refractivity contribution in [2.45, 2.75) is 73.3 Å². The minimum Gasteiger partial charge on any atom is -0.493 e. The summed E-state index contributed by atoms with van der Waals surface area (Å²) in [6.45, 7) is 13.4. The standard InChI is InChI=1S/C27H41N3O5S/c1-18(2)10-15-35-23(31)17-21-24(32)28-12-13-30(21)26(36)29-25(33)27(5,6)11-7-14-34-22-16-19(3)8-9-20(22)4/h8-9,16,18,21H,7,10-15,17H2,1-6H3,(H,28,32)(H,29,33,36). The first-order chi connectivity index (χ1) is 16.9. The molecule has 1 saturated heterocycles. The molecule has 0 aliphatic carbocycles. The van der Waals surface area contributed by atoms with E-state index in [1.54, 1.807) is 4.90 Å². The fourth-order valence-electron chi connectivity index (χ4n) is 3.80. The predicted octanol–water partition coefficient (Wildman–Crippen LogP) is 3.67. The van der Waals surface area contributed by atoms with Gasteiger partial charge in [-0.1, -0.05) is 39.8 Å². The quantitative estimate of drug-likeness (QED) is 0.262. The number of ether oxygens (including phenoxy) is 2. The second-order valence-electron chi connectivity index (χ2n) is 10.5. The van der Waals surface area contributed by atoms with Gasteiger partial charge in [0.25, 0.3) is 0 Å². The molecule has 0 spiro atoms. The van der Waals surface area contributed by atoms with Gasteiger partial charge < -0.3 is 25.0 Å². The zero-order chi connectivity index (χ0) is 26.9.